The highest BCUT2D eigenvalue weighted by molar-refractivity contribution is 7.14. The van der Waals surface area contributed by atoms with Crippen LogP contribution in [0.5, 0.6) is 0 Å². The van der Waals surface area contributed by atoms with Gasteiger partial charge in [0.1, 0.15) is 10.0 Å². The second-order valence-corrected chi connectivity index (χ2v) is 4.96. The first-order valence-corrected chi connectivity index (χ1v) is 6.13. The summed E-state index contributed by atoms with van der Waals surface area (Å²) in [5.41, 5.74) is 2.13. The highest BCUT2D eigenvalue weighted by Crippen LogP contribution is 2.27. The van der Waals surface area contributed by atoms with Gasteiger partial charge in [-0.2, -0.15) is 0 Å². The van der Waals surface area contributed by atoms with E-state index in [-0.39, 0.29) is 0 Å². The van der Waals surface area contributed by atoms with Crippen molar-refractivity contribution < 1.29 is 0 Å². The molecule has 0 aliphatic carbocycles. The van der Waals surface area contributed by atoms with E-state index in [9.17, 15) is 0 Å². The summed E-state index contributed by atoms with van der Waals surface area (Å²) < 4.78 is 0. The zero-order chi connectivity index (χ0) is 11.5. The third-order valence-corrected chi connectivity index (χ3v) is 3.60. The molecule has 0 amide bonds. The SMILES string of the molecule is CNCc1nnc(-c2ccc(Cl)c(C)c2)s1. The van der Waals surface area contributed by atoms with Crippen LogP contribution in [0.1, 0.15) is 10.6 Å². The van der Waals surface area contributed by atoms with E-state index in [4.69, 9.17) is 11.6 Å². The van der Waals surface area contributed by atoms with Crippen LogP contribution in [0.3, 0.4) is 0 Å². The molecule has 5 heteroatoms. The van der Waals surface area contributed by atoms with E-state index in [1.165, 1.54) is 0 Å². The number of hydrogen-bond donors (Lipinski definition) is 1. The van der Waals surface area contributed by atoms with Gasteiger partial charge in [-0.05, 0) is 31.7 Å². The number of benzene rings is 1. The lowest BCUT2D eigenvalue weighted by Gasteiger charge is -1.99. The Morgan fingerprint density at radius 3 is 2.88 bits per heavy atom. The first-order chi connectivity index (χ1) is 7.70. The molecule has 2 aromatic rings. The van der Waals surface area contributed by atoms with E-state index in [1.54, 1.807) is 11.3 Å². The fourth-order valence-corrected chi connectivity index (χ4v) is 2.34. The smallest absolute Gasteiger partial charge is 0.147 e. The number of rotatable bonds is 3. The lowest BCUT2D eigenvalue weighted by Crippen LogP contribution is -2.04. The van der Waals surface area contributed by atoms with Crippen molar-refractivity contribution in [3.05, 3.63) is 33.8 Å². The van der Waals surface area contributed by atoms with E-state index < -0.39 is 0 Å². The fraction of sp³-hybridized carbons (Fsp3) is 0.273. The van der Waals surface area contributed by atoms with Crippen LogP contribution in [0, 0.1) is 6.92 Å². The Balaban J connectivity index is 2.31. The molecule has 0 radical (unpaired) electrons. The molecule has 84 valence electrons. The lowest BCUT2D eigenvalue weighted by atomic mass is 10.1. The maximum absolute atomic E-state index is 5.98. The Kier molecular flexibility index (Phi) is 3.53. The Hall–Kier alpha value is -0.970. The summed E-state index contributed by atoms with van der Waals surface area (Å²) in [6.45, 7) is 2.74. The van der Waals surface area contributed by atoms with Crippen molar-refractivity contribution in [3.8, 4) is 10.6 Å². The summed E-state index contributed by atoms with van der Waals surface area (Å²) in [5, 5.41) is 14.0. The molecule has 1 aromatic heterocycles. The largest absolute Gasteiger partial charge is 0.313 e. The number of aryl methyl sites for hydroxylation is 1. The monoisotopic (exact) mass is 253 g/mol. The third kappa shape index (κ3) is 2.40. The van der Waals surface area contributed by atoms with Crippen LogP contribution in [0.25, 0.3) is 10.6 Å². The van der Waals surface area contributed by atoms with Crippen LogP contribution in [-0.4, -0.2) is 17.2 Å². The molecule has 0 spiro atoms. The van der Waals surface area contributed by atoms with Gasteiger partial charge in [0.2, 0.25) is 0 Å². The van der Waals surface area contributed by atoms with Crippen molar-refractivity contribution in [2.24, 2.45) is 0 Å². The molecule has 0 fully saturated rings. The first kappa shape index (κ1) is 11.5. The quantitative estimate of drug-likeness (QED) is 0.914. The summed E-state index contributed by atoms with van der Waals surface area (Å²) in [7, 11) is 1.90. The molecule has 0 aliphatic heterocycles. The maximum Gasteiger partial charge on any atom is 0.147 e. The van der Waals surface area contributed by atoms with Crippen LogP contribution in [0.15, 0.2) is 18.2 Å². The van der Waals surface area contributed by atoms with E-state index in [2.05, 4.69) is 15.5 Å². The van der Waals surface area contributed by atoms with Crippen molar-refractivity contribution >= 4 is 22.9 Å². The molecule has 0 bridgehead atoms. The molecule has 3 nitrogen and oxygen atoms in total. The second-order valence-electron chi connectivity index (χ2n) is 3.50. The number of halogens is 1. The predicted molar refractivity (Wildman–Crippen MR) is 67.9 cm³/mol. The molecule has 1 N–H and O–H groups in total. The minimum atomic E-state index is 0.754. The number of aromatic nitrogens is 2. The summed E-state index contributed by atoms with van der Waals surface area (Å²) in [6.07, 6.45) is 0. The molecule has 0 aliphatic rings. The molecule has 0 saturated heterocycles. The van der Waals surface area contributed by atoms with Gasteiger partial charge >= 0.3 is 0 Å². The molecule has 2 rings (SSSR count). The number of nitrogens with zero attached hydrogens (tertiary/aromatic N) is 2. The van der Waals surface area contributed by atoms with Crippen LogP contribution in [0.4, 0.5) is 0 Å². The van der Waals surface area contributed by atoms with Gasteiger partial charge in [-0.1, -0.05) is 29.0 Å². The van der Waals surface area contributed by atoms with Crippen LogP contribution in [0.2, 0.25) is 5.02 Å². The molecular formula is C11H12ClN3S. The van der Waals surface area contributed by atoms with Gasteiger partial charge in [0.05, 0.1) is 0 Å². The van der Waals surface area contributed by atoms with Gasteiger partial charge in [0.25, 0.3) is 0 Å². The summed E-state index contributed by atoms with van der Waals surface area (Å²) >= 11 is 7.58. The van der Waals surface area contributed by atoms with Gasteiger partial charge in [-0.3, -0.25) is 0 Å². The summed E-state index contributed by atoms with van der Waals surface area (Å²) in [4.78, 5) is 0. The first-order valence-electron chi connectivity index (χ1n) is 4.94. The van der Waals surface area contributed by atoms with Gasteiger partial charge in [0, 0.05) is 17.1 Å². The summed E-state index contributed by atoms with van der Waals surface area (Å²) in [6, 6.07) is 5.90. The van der Waals surface area contributed by atoms with Gasteiger partial charge in [0.15, 0.2) is 0 Å². The molecular weight excluding hydrogens is 242 g/mol. The molecule has 0 atom stereocenters. The van der Waals surface area contributed by atoms with E-state index in [1.807, 2.05) is 32.2 Å². The third-order valence-electron chi connectivity index (χ3n) is 2.20. The van der Waals surface area contributed by atoms with Gasteiger partial charge in [-0.15, -0.1) is 10.2 Å². The minimum absolute atomic E-state index is 0.754. The zero-order valence-corrected chi connectivity index (χ0v) is 10.7. The van der Waals surface area contributed by atoms with E-state index >= 15 is 0 Å². The van der Waals surface area contributed by atoms with E-state index in [0.717, 1.165) is 32.7 Å². The standard InChI is InChI=1S/C11H12ClN3S/c1-7-5-8(3-4-9(7)12)11-15-14-10(16-11)6-13-2/h3-5,13H,6H2,1-2H3. The van der Waals surface area contributed by atoms with Gasteiger partial charge < -0.3 is 5.32 Å². The Bertz CT molecular complexity index is 496. The average molecular weight is 254 g/mol. The second kappa shape index (κ2) is 4.91. The van der Waals surface area contributed by atoms with Crippen LogP contribution >= 0.6 is 22.9 Å². The fourth-order valence-electron chi connectivity index (χ4n) is 1.37. The van der Waals surface area contributed by atoms with Crippen LogP contribution in [-0.2, 0) is 6.54 Å². The molecule has 16 heavy (non-hydrogen) atoms. The van der Waals surface area contributed by atoms with Crippen molar-refractivity contribution in [1.82, 2.24) is 15.5 Å². The maximum atomic E-state index is 5.98. The topological polar surface area (TPSA) is 37.8 Å². The number of hydrogen-bond acceptors (Lipinski definition) is 4. The van der Waals surface area contributed by atoms with Crippen molar-refractivity contribution in [2.75, 3.05) is 7.05 Å². The minimum Gasteiger partial charge on any atom is -0.313 e. The molecule has 0 unspecified atom stereocenters. The highest BCUT2D eigenvalue weighted by Gasteiger charge is 2.07. The van der Waals surface area contributed by atoms with Crippen molar-refractivity contribution in [1.29, 1.82) is 0 Å². The normalized spacial score (nSPS) is 10.7. The van der Waals surface area contributed by atoms with Crippen molar-refractivity contribution in [3.63, 3.8) is 0 Å². The van der Waals surface area contributed by atoms with E-state index in [0.29, 0.717) is 0 Å². The average Bonchev–Trinajstić information content (AvgIpc) is 2.71. The zero-order valence-electron chi connectivity index (χ0n) is 9.12. The lowest BCUT2D eigenvalue weighted by molar-refractivity contribution is 0.795. The number of nitrogens with one attached hydrogen (secondary N) is 1. The molecule has 1 heterocycles. The Morgan fingerprint density at radius 1 is 1.38 bits per heavy atom. The molecule has 0 saturated carbocycles. The van der Waals surface area contributed by atoms with Crippen LogP contribution < -0.4 is 5.32 Å². The predicted octanol–water partition coefficient (Wildman–Crippen LogP) is 2.89. The Morgan fingerprint density at radius 2 is 2.19 bits per heavy atom. The van der Waals surface area contributed by atoms with Crippen molar-refractivity contribution in [2.45, 2.75) is 13.5 Å². The Labute approximate surface area is 103 Å². The van der Waals surface area contributed by atoms with Gasteiger partial charge in [-0.25, -0.2) is 0 Å². The summed E-state index contributed by atoms with van der Waals surface area (Å²) in [5.74, 6) is 0. The molecule has 1 aromatic carbocycles. The highest BCUT2D eigenvalue weighted by atomic mass is 35.5.